The van der Waals surface area contributed by atoms with Gasteiger partial charge in [0, 0.05) is 18.2 Å². The third-order valence-electron chi connectivity index (χ3n) is 5.52. The van der Waals surface area contributed by atoms with Crippen LogP contribution in [0.5, 0.6) is 5.75 Å². The van der Waals surface area contributed by atoms with Gasteiger partial charge in [-0.1, -0.05) is 72.8 Å². The van der Waals surface area contributed by atoms with E-state index in [4.69, 9.17) is 4.74 Å². The maximum absolute atomic E-state index is 12.7. The molecule has 0 aliphatic heterocycles. The lowest BCUT2D eigenvalue weighted by Gasteiger charge is -2.15. The molecule has 1 aromatic heterocycles. The van der Waals surface area contributed by atoms with E-state index in [9.17, 15) is 14.7 Å². The van der Waals surface area contributed by atoms with E-state index in [1.54, 1.807) is 25.4 Å². The molecule has 0 unspecified atom stereocenters. The summed E-state index contributed by atoms with van der Waals surface area (Å²) in [6.07, 6.45) is 1.76. The Labute approximate surface area is 197 Å². The smallest absolute Gasteiger partial charge is 0.326 e. The van der Waals surface area contributed by atoms with Gasteiger partial charge in [-0.3, -0.25) is 9.78 Å². The number of carboxylic acid groups (broad SMARTS) is 1. The van der Waals surface area contributed by atoms with Crippen LogP contribution in [-0.2, 0) is 11.2 Å². The van der Waals surface area contributed by atoms with Crippen molar-refractivity contribution in [1.82, 2.24) is 10.3 Å². The summed E-state index contributed by atoms with van der Waals surface area (Å²) < 4.78 is 5.16. The summed E-state index contributed by atoms with van der Waals surface area (Å²) in [6.45, 7) is 0. The van der Waals surface area contributed by atoms with Crippen molar-refractivity contribution in [3.63, 3.8) is 0 Å². The van der Waals surface area contributed by atoms with Gasteiger partial charge in [0.1, 0.15) is 17.5 Å². The first-order chi connectivity index (χ1) is 16.5. The van der Waals surface area contributed by atoms with Crippen molar-refractivity contribution in [2.24, 2.45) is 0 Å². The molecule has 1 atom stereocenters. The Morgan fingerprint density at radius 2 is 1.41 bits per heavy atom. The first kappa shape index (κ1) is 22.7. The van der Waals surface area contributed by atoms with E-state index >= 15 is 0 Å². The van der Waals surface area contributed by atoms with Crippen LogP contribution in [0.1, 0.15) is 16.1 Å². The Balaban J connectivity index is 1.42. The Morgan fingerprint density at radius 3 is 2.00 bits per heavy atom. The molecule has 6 heteroatoms. The molecular weight excluding hydrogens is 428 g/mol. The molecule has 34 heavy (non-hydrogen) atoms. The molecule has 0 saturated carbocycles. The fourth-order valence-corrected chi connectivity index (χ4v) is 3.61. The highest BCUT2D eigenvalue weighted by atomic mass is 16.5. The lowest BCUT2D eigenvalue weighted by Crippen LogP contribution is -2.42. The van der Waals surface area contributed by atoms with E-state index in [0.29, 0.717) is 0 Å². The number of methoxy groups -OCH3 is 1. The standard InChI is InChI=1S/C28H24N2O4/c1-34-24-14-11-22(12-15-24)23-13-16-25(29-18-23)27(31)30-26(28(32)33)17-19-7-9-21(10-8-19)20-5-3-2-4-6-20/h2-16,18,26H,17H2,1H3,(H,30,31)(H,32,33)/t26-/m0/s1. The highest BCUT2D eigenvalue weighted by Gasteiger charge is 2.22. The summed E-state index contributed by atoms with van der Waals surface area (Å²) >= 11 is 0. The second-order valence-corrected chi connectivity index (χ2v) is 7.79. The number of aliphatic carboxylic acids is 1. The zero-order valence-electron chi connectivity index (χ0n) is 18.6. The summed E-state index contributed by atoms with van der Waals surface area (Å²) in [7, 11) is 1.61. The lowest BCUT2D eigenvalue weighted by atomic mass is 10.0. The zero-order chi connectivity index (χ0) is 23.9. The highest BCUT2D eigenvalue weighted by Crippen LogP contribution is 2.22. The van der Waals surface area contributed by atoms with Crippen molar-refractivity contribution in [2.75, 3.05) is 7.11 Å². The Hall–Kier alpha value is -4.45. The number of rotatable bonds is 8. The fraction of sp³-hybridized carbons (Fsp3) is 0.107. The molecule has 2 N–H and O–H groups in total. The van der Waals surface area contributed by atoms with E-state index in [2.05, 4.69) is 10.3 Å². The topological polar surface area (TPSA) is 88.5 Å². The van der Waals surface area contributed by atoms with Crippen molar-refractivity contribution in [3.05, 3.63) is 108 Å². The second-order valence-electron chi connectivity index (χ2n) is 7.79. The normalized spacial score (nSPS) is 11.4. The molecule has 0 aliphatic carbocycles. The van der Waals surface area contributed by atoms with Gasteiger partial charge in [0.25, 0.3) is 5.91 Å². The van der Waals surface area contributed by atoms with Crippen LogP contribution in [0.3, 0.4) is 0 Å². The summed E-state index contributed by atoms with van der Waals surface area (Å²) in [5.74, 6) is -0.882. The maximum atomic E-state index is 12.7. The van der Waals surface area contributed by atoms with Gasteiger partial charge in [-0.05, 0) is 40.5 Å². The quantitative estimate of drug-likeness (QED) is 0.399. The van der Waals surface area contributed by atoms with Gasteiger partial charge >= 0.3 is 5.97 Å². The van der Waals surface area contributed by atoms with Crippen LogP contribution in [0.15, 0.2) is 97.2 Å². The molecule has 6 nitrogen and oxygen atoms in total. The predicted molar refractivity (Wildman–Crippen MR) is 131 cm³/mol. The van der Waals surface area contributed by atoms with E-state index in [0.717, 1.165) is 33.6 Å². The third kappa shape index (κ3) is 5.48. The van der Waals surface area contributed by atoms with E-state index in [1.807, 2.05) is 78.9 Å². The average molecular weight is 453 g/mol. The van der Waals surface area contributed by atoms with Crippen molar-refractivity contribution in [1.29, 1.82) is 0 Å². The summed E-state index contributed by atoms with van der Waals surface area (Å²) in [6, 6.07) is 27.4. The van der Waals surface area contributed by atoms with Gasteiger partial charge in [0.05, 0.1) is 7.11 Å². The molecule has 0 aliphatic rings. The fourth-order valence-electron chi connectivity index (χ4n) is 3.61. The number of amides is 1. The van der Waals surface area contributed by atoms with Crippen molar-refractivity contribution in [3.8, 4) is 28.0 Å². The Morgan fingerprint density at radius 1 is 0.824 bits per heavy atom. The second kappa shape index (κ2) is 10.4. The number of pyridine rings is 1. The summed E-state index contributed by atoms with van der Waals surface area (Å²) in [5, 5.41) is 12.2. The number of hydrogen-bond donors (Lipinski definition) is 2. The molecule has 4 aromatic rings. The minimum Gasteiger partial charge on any atom is -0.497 e. The van der Waals surface area contributed by atoms with Gasteiger partial charge in [0.15, 0.2) is 0 Å². The molecule has 0 bridgehead atoms. The highest BCUT2D eigenvalue weighted by molar-refractivity contribution is 5.95. The first-order valence-corrected chi connectivity index (χ1v) is 10.8. The van der Waals surface area contributed by atoms with E-state index in [1.165, 1.54) is 0 Å². The number of carbonyl (C=O) groups excluding carboxylic acids is 1. The molecular formula is C28H24N2O4. The number of benzene rings is 3. The van der Waals surface area contributed by atoms with Crippen LogP contribution in [0.25, 0.3) is 22.3 Å². The third-order valence-corrected chi connectivity index (χ3v) is 5.52. The number of nitrogens with zero attached hydrogens (tertiary/aromatic N) is 1. The summed E-state index contributed by atoms with van der Waals surface area (Å²) in [5.41, 5.74) is 4.87. The molecule has 170 valence electrons. The van der Waals surface area contributed by atoms with Crippen LogP contribution in [0, 0.1) is 0 Å². The van der Waals surface area contributed by atoms with Gasteiger partial charge in [-0.15, -0.1) is 0 Å². The number of ether oxygens (including phenoxy) is 1. The molecule has 1 amide bonds. The SMILES string of the molecule is COc1ccc(-c2ccc(C(=O)N[C@@H](Cc3ccc(-c4ccccc4)cc3)C(=O)O)nc2)cc1. The zero-order valence-corrected chi connectivity index (χ0v) is 18.6. The molecule has 3 aromatic carbocycles. The Kier molecular flexibility index (Phi) is 6.98. The minimum absolute atomic E-state index is 0.155. The van der Waals surface area contributed by atoms with Crippen LogP contribution < -0.4 is 10.1 Å². The van der Waals surface area contributed by atoms with Crippen LogP contribution >= 0.6 is 0 Å². The average Bonchev–Trinajstić information content (AvgIpc) is 2.89. The largest absolute Gasteiger partial charge is 0.497 e. The van der Waals surface area contributed by atoms with Crippen LogP contribution in [0.4, 0.5) is 0 Å². The molecule has 0 spiro atoms. The molecule has 1 heterocycles. The molecule has 0 fully saturated rings. The van der Waals surface area contributed by atoms with Gasteiger partial charge in [-0.2, -0.15) is 0 Å². The summed E-state index contributed by atoms with van der Waals surface area (Å²) in [4.78, 5) is 28.7. The first-order valence-electron chi connectivity index (χ1n) is 10.8. The van der Waals surface area contributed by atoms with Gasteiger partial charge in [0.2, 0.25) is 0 Å². The van der Waals surface area contributed by atoms with Crippen molar-refractivity contribution < 1.29 is 19.4 Å². The van der Waals surface area contributed by atoms with E-state index in [-0.39, 0.29) is 12.1 Å². The minimum atomic E-state index is -1.10. The number of carboxylic acids is 1. The van der Waals surface area contributed by atoms with Crippen molar-refractivity contribution >= 4 is 11.9 Å². The van der Waals surface area contributed by atoms with Crippen molar-refractivity contribution in [2.45, 2.75) is 12.5 Å². The number of carbonyl (C=O) groups is 2. The predicted octanol–water partition coefficient (Wildman–Crippen LogP) is 4.85. The Bertz CT molecular complexity index is 1250. The number of nitrogens with one attached hydrogen (secondary N) is 1. The molecule has 0 saturated heterocycles. The van der Waals surface area contributed by atoms with Crippen LogP contribution in [-0.4, -0.2) is 35.1 Å². The van der Waals surface area contributed by atoms with Gasteiger partial charge in [-0.25, -0.2) is 4.79 Å². The molecule has 4 rings (SSSR count). The van der Waals surface area contributed by atoms with Crippen LogP contribution in [0.2, 0.25) is 0 Å². The monoisotopic (exact) mass is 452 g/mol. The maximum Gasteiger partial charge on any atom is 0.326 e. The molecule has 0 radical (unpaired) electrons. The lowest BCUT2D eigenvalue weighted by molar-refractivity contribution is -0.139. The van der Waals surface area contributed by atoms with E-state index < -0.39 is 17.9 Å². The number of aromatic nitrogens is 1. The van der Waals surface area contributed by atoms with Gasteiger partial charge < -0.3 is 15.2 Å². The number of hydrogen-bond acceptors (Lipinski definition) is 4.